The van der Waals surface area contributed by atoms with Crippen molar-refractivity contribution < 1.29 is 4.79 Å². The first-order chi connectivity index (χ1) is 10.0. The highest BCUT2D eigenvalue weighted by atomic mass is 35.5. The van der Waals surface area contributed by atoms with E-state index in [0.717, 1.165) is 5.69 Å². The van der Waals surface area contributed by atoms with Crippen LogP contribution in [0.4, 0.5) is 11.5 Å². The molecule has 1 amide bonds. The first-order valence-electron chi connectivity index (χ1n) is 6.28. The van der Waals surface area contributed by atoms with Crippen LogP contribution in [-0.2, 0) is 6.42 Å². The molecule has 0 fully saturated rings. The third kappa shape index (κ3) is 3.64. The van der Waals surface area contributed by atoms with Crippen LogP contribution in [0.5, 0.6) is 0 Å². The fourth-order valence-corrected chi connectivity index (χ4v) is 2.27. The Bertz CT molecular complexity index is 634. The number of nitrogen functional groups attached to an aromatic ring is 1. The van der Waals surface area contributed by atoms with Gasteiger partial charge in [-0.15, -0.1) is 0 Å². The number of halogens is 2. The van der Waals surface area contributed by atoms with Crippen LogP contribution < -0.4 is 16.6 Å². The molecule has 0 unspecified atom stereocenters. The molecule has 0 bridgehead atoms. The highest BCUT2D eigenvalue weighted by Gasteiger charge is 2.13. The summed E-state index contributed by atoms with van der Waals surface area (Å²) in [6.45, 7) is 1.94. The van der Waals surface area contributed by atoms with Gasteiger partial charge in [0.25, 0.3) is 5.91 Å². The molecular formula is C14H14Cl2N4O. The van der Waals surface area contributed by atoms with Crippen LogP contribution in [0.15, 0.2) is 30.3 Å². The lowest BCUT2D eigenvalue weighted by Gasteiger charge is -2.11. The summed E-state index contributed by atoms with van der Waals surface area (Å²) in [5.74, 6) is 5.44. The van der Waals surface area contributed by atoms with Gasteiger partial charge in [-0.2, -0.15) is 0 Å². The van der Waals surface area contributed by atoms with Gasteiger partial charge in [-0.25, -0.2) is 10.8 Å². The summed E-state index contributed by atoms with van der Waals surface area (Å²) in [6, 6.07) is 8.26. The molecular weight excluding hydrogens is 311 g/mol. The Morgan fingerprint density at radius 1 is 1.29 bits per heavy atom. The van der Waals surface area contributed by atoms with E-state index in [-0.39, 0.29) is 5.91 Å². The van der Waals surface area contributed by atoms with E-state index in [1.807, 2.05) is 6.92 Å². The average Bonchev–Trinajstić information content (AvgIpc) is 2.50. The first kappa shape index (κ1) is 15.6. The van der Waals surface area contributed by atoms with Crippen molar-refractivity contribution in [1.82, 2.24) is 4.98 Å². The van der Waals surface area contributed by atoms with Gasteiger partial charge < -0.3 is 10.7 Å². The molecule has 0 aliphatic heterocycles. The van der Waals surface area contributed by atoms with E-state index >= 15 is 0 Å². The van der Waals surface area contributed by atoms with E-state index in [2.05, 4.69) is 15.7 Å². The molecule has 1 aromatic heterocycles. The summed E-state index contributed by atoms with van der Waals surface area (Å²) < 4.78 is 0. The van der Waals surface area contributed by atoms with Crippen molar-refractivity contribution in [2.24, 2.45) is 5.84 Å². The standard InChI is InChI=1S/C14H14Cl2N4O/c1-2-9-6-8(7-12(18-9)20-17)14(21)19-13-10(15)4-3-5-11(13)16/h3-7H,2,17H2,1H3,(H,18,20)(H,19,21). The Labute approximate surface area is 132 Å². The Balaban J connectivity index is 2.32. The second-order valence-corrected chi connectivity index (χ2v) is 5.10. The van der Waals surface area contributed by atoms with Gasteiger partial charge in [0.05, 0.1) is 15.7 Å². The minimum absolute atomic E-state index is 0.335. The lowest BCUT2D eigenvalue weighted by molar-refractivity contribution is 0.102. The third-order valence-electron chi connectivity index (χ3n) is 2.85. The van der Waals surface area contributed by atoms with Gasteiger partial charge in [-0.1, -0.05) is 36.2 Å². The maximum atomic E-state index is 12.3. The van der Waals surface area contributed by atoms with E-state index in [4.69, 9.17) is 29.0 Å². The normalized spacial score (nSPS) is 10.3. The smallest absolute Gasteiger partial charge is 0.255 e. The van der Waals surface area contributed by atoms with Gasteiger partial charge in [0, 0.05) is 11.3 Å². The van der Waals surface area contributed by atoms with Gasteiger partial charge in [0.2, 0.25) is 0 Å². The summed E-state index contributed by atoms with van der Waals surface area (Å²) in [5, 5.41) is 3.44. The predicted octanol–water partition coefficient (Wildman–Crippen LogP) is 3.49. The maximum Gasteiger partial charge on any atom is 0.255 e. The number of hydrazine groups is 1. The number of pyridine rings is 1. The molecule has 0 atom stereocenters. The number of nitrogens with zero attached hydrogens (tertiary/aromatic N) is 1. The van der Waals surface area contributed by atoms with Crippen molar-refractivity contribution in [2.75, 3.05) is 10.7 Å². The van der Waals surface area contributed by atoms with Crippen LogP contribution in [0.25, 0.3) is 0 Å². The molecule has 0 radical (unpaired) electrons. The Hall–Kier alpha value is -1.82. The van der Waals surface area contributed by atoms with Crippen LogP contribution in [0.1, 0.15) is 23.0 Å². The van der Waals surface area contributed by atoms with Crippen molar-refractivity contribution in [1.29, 1.82) is 0 Å². The predicted molar refractivity (Wildman–Crippen MR) is 85.8 cm³/mol. The number of nitrogens with one attached hydrogen (secondary N) is 2. The lowest BCUT2D eigenvalue weighted by Crippen LogP contribution is -2.16. The number of benzene rings is 1. The molecule has 0 saturated heterocycles. The fourth-order valence-electron chi connectivity index (χ4n) is 1.78. The zero-order valence-corrected chi connectivity index (χ0v) is 12.8. The number of amides is 1. The second kappa shape index (κ2) is 6.76. The molecule has 7 heteroatoms. The second-order valence-electron chi connectivity index (χ2n) is 4.28. The van der Waals surface area contributed by atoms with Gasteiger partial charge in [0.1, 0.15) is 5.82 Å². The largest absolute Gasteiger partial charge is 0.319 e. The molecule has 1 heterocycles. The van der Waals surface area contributed by atoms with Crippen molar-refractivity contribution in [3.63, 3.8) is 0 Å². The molecule has 1 aromatic carbocycles. The number of hydrogen-bond donors (Lipinski definition) is 3. The molecule has 2 rings (SSSR count). The van der Waals surface area contributed by atoms with E-state index in [0.29, 0.717) is 33.5 Å². The molecule has 0 saturated carbocycles. The first-order valence-corrected chi connectivity index (χ1v) is 7.03. The van der Waals surface area contributed by atoms with Crippen LogP contribution in [-0.4, -0.2) is 10.9 Å². The van der Waals surface area contributed by atoms with Crippen molar-refractivity contribution in [2.45, 2.75) is 13.3 Å². The topological polar surface area (TPSA) is 80.0 Å². The summed E-state index contributed by atoms with van der Waals surface area (Å²) in [6.07, 6.45) is 0.683. The van der Waals surface area contributed by atoms with E-state index in [1.54, 1.807) is 30.3 Å². The fraction of sp³-hybridized carbons (Fsp3) is 0.143. The minimum Gasteiger partial charge on any atom is -0.319 e. The number of nitrogens with two attached hydrogens (primary N) is 1. The van der Waals surface area contributed by atoms with Crippen LogP contribution in [0.2, 0.25) is 10.0 Å². The number of anilines is 2. The van der Waals surface area contributed by atoms with Crippen LogP contribution in [0.3, 0.4) is 0 Å². The van der Waals surface area contributed by atoms with E-state index in [1.165, 1.54) is 0 Å². The monoisotopic (exact) mass is 324 g/mol. The average molecular weight is 325 g/mol. The number of hydrogen-bond acceptors (Lipinski definition) is 4. The summed E-state index contributed by atoms with van der Waals surface area (Å²) in [5.41, 5.74) is 3.99. The number of carbonyl (C=O) groups is 1. The van der Waals surface area contributed by atoms with Gasteiger partial charge in [-0.05, 0) is 30.7 Å². The zero-order valence-electron chi connectivity index (χ0n) is 11.3. The molecule has 2 aromatic rings. The summed E-state index contributed by atoms with van der Waals surface area (Å²) in [7, 11) is 0. The highest BCUT2D eigenvalue weighted by Crippen LogP contribution is 2.30. The number of para-hydroxylation sites is 1. The molecule has 0 aliphatic rings. The molecule has 21 heavy (non-hydrogen) atoms. The molecule has 5 nitrogen and oxygen atoms in total. The highest BCUT2D eigenvalue weighted by molar-refractivity contribution is 6.40. The number of carbonyl (C=O) groups excluding carboxylic acids is 1. The van der Waals surface area contributed by atoms with Crippen molar-refractivity contribution in [3.8, 4) is 0 Å². The zero-order chi connectivity index (χ0) is 15.4. The van der Waals surface area contributed by atoms with Crippen molar-refractivity contribution >= 4 is 40.6 Å². The SMILES string of the molecule is CCc1cc(C(=O)Nc2c(Cl)cccc2Cl)cc(NN)n1. The molecule has 4 N–H and O–H groups in total. The lowest BCUT2D eigenvalue weighted by atomic mass is 10.1. The molecule has 0 spiro atoms. The van der Waals surface area contributed by atoms with Crippen LogP contribution >= 0.6 is 23.2 Å². The molecule has 0 aliphatic carbocycles. The van der Waals surface area contributed by atoms with E-state index < -0.39 is 0 Å². The Kier molecular flexibility index (Phi) is 5.01. The summed E-state index contributed by atoms with van der Waals surface area (Å²) in [4.78, 5) is 16.6. The minimum atomic E-state index is -0.335. The van der Waals surface area contributed by atoms with Gasteiger partial charge in [0.15, 0.2) is 0 Å². The number of rotatable bonds is 4. The number of aryl methyl sites for hydroxylation is 1. The summed E-state index contributed by atoms with van der Waals surface area (Å²) >= 11 is 12.1. The van der Waals surface area contributed by atoms with Crippen LogP contribution in [0, 0.1) is 0 Å². The van der Waals surface area contributed by atoms with E-state index in [9.17, 15) is 4.79 Å². The Morgan fingerprint density at radius 2 is 1.95 bits per heavy atom. The van der Waals surface area contributed by atoms with Gasteiger partial charge in [-0.3, -0.25) is 4.79 Å². The quantitative estimate of drug-likeness (QED) is 0.594. The number of aromatic nitrogens is 1. The maximum absolute atomic E-state index is 12.3. The molecule has 110 valence electrons. The third-order valence-corrected chi connectivity index (χ3v) is 3.48. The van der Waals surface area contributed by atoms with Crippen molar-refractivity contribution in [3.05, 3.63) is 51.6 Å². The Morgan fingerprint density at radius 3 is 2.52 bits per heavy atom. The van der Waals surface area contributed by atoms with Gasteiger partial charge >= 0.3 is 0 Å².